The minimum Gasteiger partial charge on any atom is 0 e. The van der Waals surface area contributed by atoms with E-state index >= 15 is 0 Å². The van der Waals surface area contributed by atoms with Crippen LogP contribution in [0.3, 0.4) is 0 Å². The summed E-state index contributed by atoms with van der Waals surface area (Å²) in [5.41, 5.74) is 0.513. The van der Waals surface area contributed by atoms with Crippen molar-refractivity contribution in [3.63, 3.8) is 0 Å². The molecule has 0 saturated heterocycles. The van der Waals surface area contributed by atoms with E-state index in [2.05, 4.69) is 20.2 Å². The minimum absolute atomic E-state index is 0. The predicted molar refractivity (Wildman–Crippen MR) is 95.4 cm³/mol. The molecule has 1 aromatic carbocycles. The van der Waals surface area contributed by atoms with E-state index in [0.717, 1.165) is 19.1 Å². The number of hydrogen-bond donors (Lipinski definition) is 0. The number of hydrogen-bond acceptors (Lipinski definition) is 3. The fraction of sp³-hybridized carbons (Fsp3) is 0.550. The van der Waals surface area contributed by atoms with Gasteiger partial charge in [0, 0.05) is 30.3 Å². The Hall–Kier alpha value is -0.753. The monoisotopic (exact) mass is 411 g/mol. The fourth-order valence-corrected chi connectivity index (χ4v) is 2.02. The minimum atomic E-state index is 0. The van der Waals surface area contributed by atoms with Gasteiger partial charge >= 0.3 is 41.5 Å². The van der Waals surface area contributed by atoms with Crippen LogP contribution in [0, 0.1) is 19.2 Å². The largest absolute Gasteiger partial charge is 1.00 e. The SMILES string of the molecule is CC1CCCC1.CCOCC.COc1cccc([C-]=O)c1.[C-]#[O+].[C-]#[O+].[Li+].[Mn]. The van der Waals surface area contributed by atoms with Gasteiger partial charge in [-0.2, -0.15) is 6.07 Å². The zero-order chi connectivity index (χ0) is 19.9. The Morgan fingerprint density at radius 3 is 1.85 bits per heavy atom. The molecule has 0 bridgehead atoms. The van der Waals surface area contributed by atoms with E-state index in [1.807, 2.05) is 13.8 Å². The molecule has 0 N–H and O–H groups in total. The van der Waals surface area contributed by atoms with Crippen molar-refractivity contribution in [2.75, 3.05) is 20.3 Å². The van der Waals surface area contributed by atoms with Crippen molar-refractivity contribution in [3.05, 3.63) is 43.1 Å². The average Bonchev–Trinajstić information content (AvgIpc) is 3.17. The molecule has 5 nitrogen and oxygen atoms in total. The third-order valence-electron chi connectivity index (χ3n) is 3.24. The number of carbonyl (C=O) groups excluding carboxylic acids is 1. The molecule has 1 aliphatic carbocycles. The zero-order valence-corrected chi connectivity index (χ0v) is 18.2. The van der Waals surface area contributed by atoms with E-state index in [9.17, 15) is 4.79 Å². The molecule has 147 valence electrons. The first-order valence-corrected chi connectivity index (χ1v) is 8.18. The maximum Gasteiger partial charge on any atom is 1.00 e. The van der Waals surface area contributed by atoms with Gasteiger partial charge in [0.15, 0.2) is 0 Å². The fourth-order valence-electron chi connectivity index (χ4n) is 2.02. The van der Waals surface area contributed by atoms with Gasteiger partial charge in [0.1, 0.15) is 0 Å². The van der Waals surface area contributed by atoms with Crippen LogP contribution in [-0.4, -0.2) is 26.6 Å². The normalized spacial score (nSPS) is 10.7. The third kappa shape index (κ3) is 27.6. The van der Waals surface area contributed by atoms with E-state index in [4.69, 9.17) is 18.8 Å². The molecule has 1 saturated carbocycles. The number of methoxy groups -OCH3 is 1. The average molecular weight is 411 g/mol. The summed E-state index contributed by atoms with van der Waals surface area (Å²) in [6.07, 6.45) is 7.72. The van der Waals surface area contributed by atoms with Crippen molar-refractivity contribution in [3.8, 4) is 5.75 Å². The quantitative estimate of drug-likeness (QED) is 0.426. The molecule has 0 atom stereocenters. The summed E-state index contributed by atoms with van der Waals surface area (Å²) in [4.78, 5) is 10.1. The molecular formula is C20H29LiMnO5. The first-order chi connectivity index (χ1) is 12.2. The second kappa shape index (κ2) is 32.9. The van der Waals surface area contributed by atoms with Crippen molar-refractivity contribution < 1.29 is 59.5 Å². The Morgan fingerprint density at radius 2 is 1.59 bits per heavy atom. The molecular weight excluding hydrogens is 382 g/mol. The van der Waals surface area contributed by atoms with Crippen molar-refractivity contribution >= 4 is 6.29 Å². The van der Waals surface area contributed by atoms with Gasteiger partial charge in [-0.3, -0.25) is 0 Å². The number of rotatable bonds is 4. The van der Waals surface area contributed by atoms with Gasteiger partial charge in [-0.15, -0.1) is 17.7 Å². The molecule has 2 rings (SSSR count). The zero-order valence-electron chi connectivity index (χ0n) is 17.0. The first kappa shape index (κ1) is 37.1. The first-order valence-electron chi connectivity index (χ1n) is 8.18. The Balaban J connectivity index is -0.0000000833. The van der Waals surface area contributed by atoms with Crippen molar-refractivity contribution in [1.29, 1.82) is 0 Å². The molecule has 1 aromatic rings. The summed E-state index contributed by atoms with van der Waals surface area (Å²) >= 11 is 0. The Bertz CT molecular complexity index is 438. The van der Waals surface area contributed by atoms with Crippen molar-refractivity contribution in [2.45, 2.75) is 46.5 Å². The molecule has 0 amide bonds. The van der Waals surface area contributed by atoms with Gasteiger partial charge in [0.2, 0.25) is 0 Å². The summed E-state index contributed by atoms with van der Waals surface area (Å²) in [5, 5.41) is 0. The molecule has 0 heterocycles. The van der Waals surface area contributed by atoms with Crippen molar-refractivity contribution in [2.24, 2.45) is 5.92 Å². The maximum atomic E-state index is 10.1. The maximum absolute atomic E-state index is 10.1. The Kier molecular flexibility index (Phi) is 45.1. The van der Waals surface area contributed by atoms with Gasteiger partial charge in [-0.25, -0.2) is 0 Å². The van der Waals surface area contributed by atoms with Crippen LogP contribution < -0.4 is 23.6 Å². The van der Waals surface area contributed by atoms with Gasteiger partial charge < -0.3 is 14.3 Å². The van der Waals surface area contributed by atoms with Crippen LogP contribution in [0.2, 0.25) is 0 Å². The van der Waals surface area contributed by atoms with E-state index in [0.29, 0.717) is 11.3 Å². The van der Waals surface area contributed by atoms with Gasteiger partial charge in [0.05, 0.1) is 19.1 Å². The Labute approximate surface area is 187 Å². The van der Waals surface area contributed by atoms with Gasteiger partial charge in [-0.05, 0) is 25.8 Å². The van der Waals surface area contributed by atoms with Crippen LogP contribution >= 0.6 is 0 Å². The molecule has 27 heavy (non-hydrogen) atoms. The predicted octanol–water partition coefficient (Wildman–Crippen LogP) is 1.32. The van der Waals surface area contributed by atoms with E-state index in [1.165, 1.54) is 25.7 Å². The van der Waals surface area contributed by atoms with Gasteiger partial charge in [-0.1, -0.05) is 32.6 Å². The molecule has 0 aliphatic heterocycles. The summed E-state index contributed by atoms with van der Waals surface area (Å²) < 4.78 is 24.7. The van der Waals surface area contributed by atoms with Crippen LogP contribution in [0.5, 0.6) is 5.75 Å². The second-order valence-corrected chi connectivity index (χ2v) is 5.01. The van der Waals surface area contributed by atoms with E-state index in [-0.39, 0.29) is 35.9 Å². The molecule has 1 fully saturated rings. The summed E-state index contributed by atoms with van der Waals surface area (Å²) in [7, 11) is 1.56. The summed E-state index contributed by atoms with van der Waals surface area (Å²) in [6.45, 7) is 17.0. The van der Waals surface area contributed by atoms with Gasteiger partial charge in [0.25, 0.3) is 0 Å². The van der Waals surface area contributed by atoms with E-state index in [1.54, 1.807) is 37.7 Å². The van der Waals surface area contributed by atoms with Crippen LogP contribution in [0.4, 0.5) is 0 Å². The smallest absolute Gasteiger partial charge is 0 e. The van der Waals surface area contributed by atoms with Crippen LogP contribution in [0.25, 0.3) is 0 Å². The van der Waals surface area contributed by atoms with Crippen LogP contribution in [-0.2, 0) is 35.9 Å². The molecule has 1 aliphatic rings. The van der Waals surface area contributed by atoms with Crippen molar-refractivity contribution in [1.82, 2.24) is 0 Å². The Morgan fingerprint density at radius 1 is 1.11 bits per heavy atom. The number of benzene rings is 1. The standard InChI is InChI=1S/C8H7O2.C6H12.C4H10O.2CO.Li.Mn/c1-10-8-4-2-3-7(5-8)6-9;1-6-4-2-3-5-6;1-3-5-4-2;2*1-2;;/h2-5H,1H3;6H,2-5H2,1H3;3-4H2,1-2H3;;;;/q-1;;;;;+1;. The van der Waals surface area contributed by atoms with Crippen LogP contribution in [0.15, 0.2) is 24.3 Å². The molecule has 0 spiro atoms. The molecule has 0 unspecified atom stereocenters. The van der Waals surface area contributed by atoms with E-state index < -0.39 is 0 Å². The number of ether oxygens (including phenoxy) is 2. The van der Waals surface area contributed by atoms with Crippen LogP contribution in [0.1, 0.15) is 52.0 Å². The summed E-state index contributed by atoms with van der Waals surface area (Å²) in [5.74, 6) is 1.73. The second-order valence-electron chi connectivity index (χ2n) is 5.01. The topological polar surface area (TPSA) is 75.3 Å². The molecule has 7 heteroatoms. The third-order valence-corrected chi connectivity index (χ3v) is 3.24. The molecule has 1 radical (unpaired) electrons. The molecule has 0 aromatic heterocycles. The summed E-state index contributed by atoms with van der Waals surface area (Å²) in [6, 6.07) is 6.84.